The fourth-order valence-electron chi connectivity index (χ4n) is 3.05. The molecule has 32 heavy (non-hydrogen) atoms. The molecule has 3 rings (SSSR count). The Morgan fingerprint density at radius 3 is 2.47 bits per heavy atom. The monoisotopic (exact) mass is 446 g/mol. The summed E-state index contributed by atoms with van der Waals surface area (Å²) in [6, 6.07) is 22.6. The van der Waals surface area contributed by atoms with E-state index in [9.17, 15) is 20.2 Å². The average molecular weight is 447 g/mol. The largest absolute Gasteiger partial charge is 0.347 e. The van der Waals surface area contributed by atoms with Gasteiger partial charge in [-0.1, -0.05) is 48.0 Å². The van der Waals surface area contributed by atoms with Gasteiger partial charge in [-0.3, -0.25) is 14.9 Å². The summed E-state index contributed by atoms with van der Waals surface area (Å²) in [5.41, 5.74) is 2.09. The van der Waals surface area contributed by atoms with Crippen LogP contribution in [0.4, 0.5) is 17.1 Å². The lowest BCUT2D eigenvalue weighted by Gasteiger charge is -2.19. The fraction of sp³-hybridized carbons (Fsp3) is 0.0833. The molecule has 0 saturated carbocycles. The first kappa shape index (κ1) is 22.5. The molecule has 1 amide bonds. The van der Waals surface area contributed by atoms with Crippen molar-refractivity contribution in [1.29, 1.82) is 5.26 Å². The second-order valence-electron chi connectivity index (χ2n) is 6.88. The number of halogens is 1. The van der Waals surface area contributed by atoms with Crippen LogP contribution in [0.25, 0.3) is 6.08 Å². The van der Waals surface area contributed by atoms with Crippen molar-refractivity contribution < 1.29 is 9.72 Å². The van der Waals surface area contributed by atoms with Gasteiger partial charge >= 0.3 is 0 Å². The van der Waals surface area contributed by atoms with Crippen molar-refractivity contribution >= 4 is 40.6 Å². The molecule has 0 radical (unpaired) electrons. The van der Waals surface area contributed by atoms with Crippen LogP contribution in [0.5, 0.6) is 0 Å². The van der Waals surface area contributed by atoms with Gasteiger partial charge in [-0.05, 0) is 47.5 Å². The van der Waals surface area contributed by atoms with E-state index in [1.54, 1.807) is 48.3 Å². The standard InChI is InChI=1S/C24H19ClN4O3/c1-28(21-5-3-2-4-6-21)22-12-9-18(14-23(22)29(31)32)13-19(15-26)24(30)27-16-17-7-10-20(25)11-8-17/h2-14H,16H2,1H3,(H,27,30)/b19-13+. The summed E-state index contributed by atoms with van der Waals surface area (Å²) in [4.78, 5) is 25.3. The zero-order valence-corrected chi connectivity index (χ0v) is 17.9. The molecule has 0 aliphatic carbocycles. The molecule has 160 valence electrons. The predicted octanol–water partition coefficient (Wildman–Crippen LogP) is 5.24. The van der Waals surface area contributed by atoms with Gasteiger partial charge in [0.1, 0.15) is 17.3 Å². The normalized spacial score (nSPS) is 10.8. The van der Waals surface area contributed by atoms with E-state index in [2.05, 4.69) is 5.32 Å². The van der Waals surface area contributed by atoms with Gasteiger partial charge in [0.2, 0.25) is 0 Å². The highest BCUT2D eigenvalue weighted by atomic mass is 35.5. The number of anilines is 2. The molecule has 7 nitrogen and oxygen atoms in total. The Hall–Kier alpha value is -4.15. The van der Waals surface area contributed by atoms with Crippen LogP contribution in [0, 0.1) is 21.4 Å². The van der Waals surface area contributed by atoms with Gasteiger partial charge in [0.25, 0.3) is 11.6 Å². The van der Waals surface area contributed by atoms with E-state index in [1.807, 2.05) is 36.4 Å². The molecule has 8 heteroatoms. The van der Waals surface area contributed by atoms with Crippen LogP contribution in [0.2, 0.25) is 5.02 Å². The number of benzene rings is 3. The minimum absolute atomic E-state index is 0.135. The molecule has 0 fully saturated rings. The molecule has 0 aliphatic heterocycles. The zero-order chi connectivity index (χ0) is 23.1. The maximum absolute atomic E-state index is 12.4. The number of para-hydroxylation sites is 1. The Labute approximate surface area is 190 Å². The number of amides is 1. The van der Waals surface area contributed by atoms with Crippen LogP contribution in [-0.2, 0) is 11.3 Å². The number of nitriles is 1. The molecule has 0 unspecified atom stereocenters. The molecule has 1 N–H and O–H groups in total. The maximum Gasteiger partial charge on any atom is 0.293 e. The topological polar surface area (TPSA) is 99.3 Å². The lowest BCUT2D eigenvalue weighted by molar-refractivity contribution is -0.384. The molecule has 0 aromatic heterocycles. The Balaban J connectivity index is 1.83. The van der Waals surface area contributed by atoms with Gasteiger partial charge in [-0.25, -0.2) is 0 Å². The summed E-state index contributed by atoms with van der Waals surface area (Å²) >= 11 is 5.85. The van der Waals surface area contributed by atoms with E-state index in [4.69, 9.17) is 11.6 Å². The van der Waals surface area contributed by atoms with Crippen LogP contribution in [0.1, 0.15) is 11.1 Å². The molecule has 0 atom stereocenters. The highest BCUT2D eigenvalue weighted by molar-refractivity contribution is 6.30. The van der Waals surface area contributed by atoms with Crippen molar-refractivity contribution in [2.45, 2.75) is 6.54 Å². The highest BCUT2D eigenvalue weighted by Gasteiger charge is 2.19. The number of hydrogen-bond acceptors (Lipinski definition) is 5. The van der Waals surface area contributed by atoms with Gasteiger partial charge in [0.15, 0.2) is 0 Å². The first-order chi connectivity index (χ1) is 15.4. The number of nitro groups is 1. The number of carbonyl (C=O) groups excluding carboxylic acids is 1. The Morgan fingerprint density at radius 2 is 1.84 bits per heavy atom. The van der Waals surface area contributed by atoms with Crippen LogP contribution >= 0.6 is 11.6 Å². The summed E-state index contributed by atoms with van der Waals surface area (Å²) in [5, 5.41) is 24.4. The molecule has 3 aromatic carbocycles. The highest BCUT2D eigenvalue weighted by Crippen LogP contribution is 2.33. The quantitative estimate of drug-likeness (QED) is 0.231. The average Bonchev–Trinajstić information content (AvgIpc) is 2.82. The third-order valence-corrected chi connectivity index (χ3v) is 5.00. The summed E-state index contributed by atoms with van der Waals surface area (Å²) in [6.45, 7) is 0.218. The van der Waals surface area contributed by atoms with E-state index in [-0.39, 0.29) is 17.8 Å². The Bertz CT molecular complexity index is 1200. The molecule has 0 bridgehead atoms. The van der Waals surface area contributed by atoms with Crippen LogP contribution in [-0.4, -0.2) is 17.9 Å². The third-order valence-electron chi connectivity index (χ3n) is 4.74. The second-order valence-corrected chi connectivity index (χ2v) is 7.32. The van der Waals surface area contributed by atoms with E-state index >= 15 is 0 Å². The fourth-order valence-corrected chi connectivity index (χ4v) is 3.17. The minimum Gasteiger partial charge on any atom is -0.347 e. The van der Waals surface area contributed by atoms with Crippen molar-refractivity contribution in [3.8, 4) is 6.07 Å². The van der Waals surface area contributed by atoms with Crippen LogP contribution < -0.4 is 10.2 Å². The number of nitrogens with zero attached hydrogens (tertiary/aromatic N) is 3. The summed E-state index contributed by atoms with van der Waals surface area (Å²) in [6.07, 6.45) is 1.33. The summed E-state index contributed by atoms with van der Waals surface area (Å²) in [7, 11) is 1.73. The molecule has 0 spiro atoms. The lowest BCUT2D eigenvalue weighted by Crippen LogP contribution is -2.23. The predicted molar refractivity (Wildman–Crippen MR) is 124 cm³/mol. The SMILES string of the molecule is CN(c1ccccc1)c1ccc(/C=C(\C#N)C(=O)NCc2ccc(Cl)cc2)cc1[N+](=O)[O-]. The van der Waals surface area contributed by atoms with E-state index in [1.165, 1.54) is 12.1 Å². The molecule has 0 saturated heterocycles. The van der Waals surface area contributed by atoms with Gasteiger partial charge in [-0.2, -0.15) is 5.26 Å². The first-order valence-corrected chi connectivity index (χ1v) is 9.98. The molecule has 3 aromatic rings. The third kappa shape index (κ3) is 5.50. The van der Waals surface area contributed by atoms with Crippen molar-refractivity contribution in [2.75, 3.05) is 11.9 Å². The van der Waals surface area contributed by atoms with Crippen LogP contribution in [0.3, 0.4) is 0 Å². The van der Waals surface area contributed by atoms with Gasteiger partial charge in [0.05, 0.1) is 4.92 Å². The van der Waals surface area contributed by atoms with Gasteiger partial charge < -0.3 is 10.2 Å². The lowest BCUT2D eigenvalue weighted by atomic mass is 10.1. The second kappa shape index (κ2) is 10.2. The molecule has 0 aliphatic rings. The van der Waals surface area contributed by atoms with Crippen molar-refractivity contribution in [3.05, 3.63) is 105 Å². The number of carbonyl (C=O) groups is 1. The molecule has 0 heterocycles. The molecular weight excluding hydrogens is 428 g/mol. The summed E-state index contributed by atoms with van der Waals surface area (Å²) < 4.78 is 0. The van der Waals surface area contributed by atoms with E-state index in [0.717, 1.165) is 11.3 Å². The zero-order valence-electron chi connectivity index (χ0n) is 17.2. The number of hydrogen-bond donors (Lipinski definition) is 1. The smallest absolute Gasteiger partial charge is 0.293 e. The van der Waals surface area contributed by atoms with Gasteiger partial charge in [0, 0.05) is 30.4 Å². The van der Waals surface area contributed by atoms with Crippen molar-refractivity contribution in [3.63, 3.8) is 0 Å². The van der Waals surface area contributed by atoms with Gasteiger partial charge in [-0.15, -0.1) is 0 Å². The number of nitro benzene ring substituents is 1. The number of rotatable bonds is 7. The van der Waals surface area contributed by atoms with E-state index in [0.29, 0.717) is 16.3 Å². The van der Waals surface area contributed by atoms with Crippen molar-refractivity contribution in [1.82, 2.24) is 5.32 Å². The first-order valence-electron chi connectivity index (χ1n) is 9.60. The van der Waals surface area contributed by atoms with Crippen LogP contribution in [0.15, 0.2) is 78.4 Å². The minimum atomic E-state index is -0.574. The Kier molecular flexibility index (Phi) is 7.21. The summed E-state index contributed by atoms with van der Waals surface area (Å²) in [5.74, 6) is -0.574. The Morgan fingerprint density at radius 1 is 1.16 bits per heavy atom. The molecular formula is C24H19ClN4O3. The van der Waals surface area contributed by atoms with Crippen molar-refractivity contribution in [2.24, 2.45) is 0 Å². The maximum atomic E-state index is 12.4. The number of nitrogens with one attached hydrogen (secondary N) is 1. The van der Waals surface area contributed by atoms with E-state index < -0.39 is 10.8 Å².